The molecule has 1 aromatic rings. The topological polar surface area (TPSA) is 58.2 Å². The highest BCUT2D eigenvalue weighted by molar-refractivity contribution is 8.15. The van der Waals surface area contributed by atoms with Crippen molar-refractivity contribution >= 4 is 40.2 Å². The highest BCUT2D eigenvalue weighted by Crippen LogP contribution is 2.26. The van der Waals surface area contributed by atoms with Gasteiger partial charge in [0.2, 0.25) is 5.12 Å². The summed E-state index contributed by atoms with van der Waals surface area (Å²) >= 11 is 7.28. The van der Waals surface area contributed by atoms with Crippen LogP contribution in [-0.2, 0) is 11.2 Å². The second-order valence-corrected chi connectivity index (χ2v) is 6.17. The van der Waals surface area contributed by atoms with E-state index in [1.165, 1.54) is 17.8 Å². The molecule has 0 radical (unpaired) electrons. The summed E-state index contributed by atoms with van der Waals surface area (Å²) < 4.78 is 0. The third-order valence-corrected chi connectivity index (χ3v) is 4.26. The Hall–Kier alpha value is -1.46. The van der Waals surface area contributed by atoms with Gasteiger partial charge in [0.1, 0.15) is 0 Å². The molecule has 1 aliphatic rings. The predicted molar refractivity (Wildman–Crippen MR) is 83.1 cm³/mol. The second kappa shape index (κ2) is 6.33. The zero-order chi connectivity index (χ0) is 14.7. The van der Waals surface area contributed by atoms with Crippen LogP contribution in [-0.4, -0.2) is 16.4 Å². The highest BCUT2D eigenvalue weighted by Gasteiger charge is 2.22. The number of carbonyl (C=O) groups is 2. The fraction of sp³-hybridized carbons (Fsp3) is 0.286. The van der Waals surface area contributed by atoms with Crippen LogP contribution in [0.4, 0.5) is 10.5 Å². The Kier molecular flexibility index (Phi) is 4.73. The van der Waals surface area contributed by atoms with Crippen LogP contribution in [0.25, 0.3) is 0 Å². The van der Waals surface area contributed by atoms with Crippen molar-refractivity contribution in [2.75, 3.05) is 5.32 Å². The molecular formula is C14H15ClN2O2S. The van der Waals surface area contributed by atoms with Gasteiger partial charge in [0.15, 0.2) is 0 Å². The number of amides is 2. The van der Waals surface area contributed by atoms with Crippen LogP contribution in [0.3, 0.4) is 0 Å². The summed E-state index contributed by atoms with van der Waals surface area (Å²) in [4.78, 5) is 23.1. The fourth-order valence-corrected chi connectivity index (χ4v) is 2.97. The van der Waals surface area contributed by atoms with E-state index in [2.05, 4.69) is 10.6 Å². The molecule has 0 saturated carbocycles. The summed E-state index contributed by atoms with van der Waals surface area (Å²) in [6.45, 7) is 3.89. The van der Waals surface area contributed by atoms with Crippen molar-refractivity contribution in [3.8, 4) is 0 Å². The van der Waals surface area contributed by atoms with E-state index >= 15 is 0 Å². The van der Waals surface area contributed by atoms with Crippen molar-refractivity contribution in [1.82, 2.24) is 5.32 Å². The molecule has 2 rings (SSSR count). The van der Waals surface area contributed by atoms with Gasteiger partial charge >= 0.3 is 6.03 Å². The number of nitrogens with one attached hydrogen (secondary N) is 2. The Balaban J connectivity index is 2.00. The van der Waals surface area contributed by atoms with E-state index in [0.29, 0.717) is 16.4 Å². The summed E-state index contributed by atoms with van der Waals surface area (Å²) in [5.74, 6) is 0. The number of thioether (sulfide) groups is 1. The summed E-state index contributed by atoms with van der Waals surface area (Å²) in [7, 11) is 0. The van der Waals surface area contributed by atoms with Gasteiger partial charge in [-0.1, -0.05) is 36.4 Å². The first-order valence-electron chi connectivity index (χ1n) is 6.28. The maximum atomic E-state index is 11.9. The second-order valence-electron chi connectivity index (χ2n) is 4.42. The molecule has 1 aromatic carbocycles. The van der Waals surface area contributed by atoms with E-state index in [1.807, 2.05) is 19.9 Å². The lowest BCUT2D eigenvalue weighted by Gasteiger charge is -2.12. The van der Waals surface area contributed by atoms with E-state index in [1.54, 1.807) is 12.1 Å². The normalized spacial score (nSPS) is 17.9. The molecule has 0 bridgehead atoms. The third kappa shape index (κ3) is 3.55. The van der Waals surface area contributed by atoms with Crippen molar-refractivity contribution < 1.29 is 9.59 Å². The zero-order valence-electron chi connectivity index (χ0n) is 11.2. The number of hydrogen-bond acceptors (Lipinski definition) is 3. The van der Waals surface area contributed by atoms with Crippen molar-refractivity contribution in [2.24, 2.45) is 0 Å². The number of carbonyl (C=O) groups excluding carboxylic acids is 2. The van der Waals surface area contributed by atoms with Gasteiger partial charge < -0.3 is 10.6 Å². The lowest BCUT2D eigenvalue weighted by Crippen LogP contribution is -2.30. The van der Waals surface area contributed by atoms with E-state index in [-0.39, 0.29) is 16.4 Å². The van der Waals surface area contributed by atoms with Crippen molar-refractivity contribution in [1.29, 1.82) is 0 Å². The van der Waals surface area contributed by atoms with Gasteiger partial charge in [-0.3, -0.25) is 4.79 Å². The zero-order valence-corrected chi connectivity index (χ0v) is 12.8. The molecule has 0 saturated heterocycles. The average Bonchev–Trinajstić information content (AvgIpc) is 2.68. The first kappa shape index (κ1) is 14.9. The van der Waals surface area contributed by atoms with Gasteiger partial charge in [-0.2, -0.15) is 0 Å². The molecule has 6 heteroatoms. The number of hydrogen-bond donors (Lipinski definition) is 2. The first-order valence-corrected chi connectivity index (χ1v) is 7.54. The molecule has 20 heavy (non-hydrogen) atoms. The van der Waals surface area contributed by atoms with Crippen molar-refractivity contribution in [3.05, 3.63) is 40.6 Å². The van der Waals surface area contributed by atoms with Crippen molar-refractivity contribution in [3.63, 3.8) is 0 Å². The number of benzene rings is 1. The van der Waals surface area contributed by atoms with E-state index in [0.717, 1.165) is 12.0 Å². The van der Waals surface area contributed by atoms with E-state index in [9.17, 15) is 9.59 Å². The SMILES string of the molecule is CCc1ccc(NC(=O)NC2=CC(=O)SC2C)cc1Cl. The summed E-state index contributed by atoms with van der Waals surface area (Å²) in [5.41, 5.74) is 2.27. The van der Waals surface area contributed by atoms with Gasteiger partial charge in [0, 0.05) is 22.5 Å². The molecule has 1 atom stereocenters. The molecule has 106 valence electrons. The van der Waals surface area contributed by atoms with Gasteiger partial charge in [-0.05, 0) is 31.0 Å². The monoisotopic (exact) mass is 310 g/mol. The molecule has 4 nitrogen and oxygen atoms in total. The van der Waals surface area contributed by atoms with E-state index < -0.39 is 0 Å². The smallest absolute Gasteiger partial charge is 0.310 e. The van der Waals surface area contributed by atoms with Gasteiger partial charge in [-0.15, -0.1) is 0 Å². The van der Waals surface area contributed by atoms with Crippen LogP contribution >= 0.6 is 23.4 Å². The Morgan fingerprint density at radius 2 is 2.15 bits per heavy atom. The predicted octanol–water partition coefficient (Wildman–Crippen LogP) is 3.57. The largest absolute Gasteiger partial charge is 0.323 e. The summed E-state index contributed by atoms with van der Waals surface area (Å²) in [6, 6.07) is 5.02. The van der Waals surface area contributed by atoms with Crippen LogP contribution in [0, 0.1) is 0 Å². The molecular weight excluding hydrogens is 296 g/mol. The maximum Gasteiger partial charge on any atom is 0.323 e. The highest BCUT2D eigenvalue weighted by atomic mass is 35.5. The number of urea groups is 1. The lowest BCUT2D eigenvalue weighted by molar-refractivity contribution is -0.106. The molecule has 2 amide bonds. The third-order valence-electron chi connectivity index (χ3n) is 2.95. The van der Waals surface area contributed by atoms with Crippen LogP contribution in [0.15, 0.2) is 30.0 Å². The first-order chi connectivity index (χ1) is 9.49. The summed E-state index contributed by atoms with van der Waals surface area (Å²) in [5, 5.41) is 5.94. The molecule has 0 fully saturated rings. The van der Waals surface area contributed by atoms with Crippen LogP contribution in [0.5, 0.6) is 0 Å². The lowest BCUT2D eigenvalue weighted by atomic mass is 10.1. The molecule has 1 unspecified atom stereocenters. The van der Waals surface area contributed by atoms with E-state index in [4.69, 9.17) is 11.6 Å². The molecule has 2 N–H and O–H groups in total. The maximum absolute atomic E-state index is 11.9. The average molecular weight is 311 g/mol. The fourth-order valence-electron chi connectivity index (χ4n) is 1.86. The van der Waals surface area contributed by atoms with Gasteiger partial charge in [-0.25, -0.2) is 4.79 Å². The molecule has 0 spiro atoms. The van der Waals surface area contributed by atoms with Gasteiger partial charge in [0.25, 0.3) is 0 Å². The Labute approximate surface area is 127 Å². The molecule has 1 aliphatic heterocycles. The van der Waals surface area contributed by atoms with Gasteiger partial charge in [0.05, 0.1) is 5.25 Å². The number of aryl methyl sites for hydroxylation is 1. The summed E-state index contributed by atoms with van der Waals surface area (Å²) in [6.07, 6.45) is 2.29. The minimum Gasteiger partial charge on any atom is -0.310 e. The molecule has 1 heterocycles. The van der Waals surface area contributed by atoms with Crippen molar-refractivity contribution in [2.45, 2.75) is 25.5 Å². The Bertz CT molecular complexity index is 587. The van der Waals surface area contributed by atoms with Crippen LogP contribution in [0.1, 0.15) is 19.4 Å². The van der Waals surface area contributed by atoms with Crippen LogP contribution < -0.4 is 10.6 Å². The Morgan fingerprint density at radius 3 is 2.70 bits per heavy atom. The number of anilines is 1. The standard InChI is InChI=1S/C14H15ClN2O2S/c1-3-9-4-5-10(6-11(9)15)16-14(19)17-12-7-13(18)20-8(12)2/h4-8H,3H2,1-2H3,(H2,16,17,19). The number of halogens is 1. The molecule has 0 aliphatic carbocycles. The molecule has 0 aromatic heterocycles. The minimum atomic E-state index is -0.376. The number of rotatable bonds is 3. The van der Waals surface area contributed by atoms with Crippen LogP contribution in [0.2, 0.25) is 5.02 Å². The Morgan fingerprint density at radius 1 is 1.40 bits per heavy atom. The minimum absolute atomic E-state index is 0.0284. The quantitative estimate of drug-likeness (QED) is 0.897.